The zero-order valence-electron chi connectivity index (χ0n) is 13.2. The average molecular weight is 362 g/mol. The first-order chi connectivity index (χ1) is 11.3. The Hall–Kier alpha value is -2.18. The molecule has 1 N–H and O–H groups in total. The van der Waals surface area contributed by atoms with Crippen LogP contribution in [0.2, 0.25) is 5.02 Å². The summed E-state index contributed by atoms with van der Waals surface area (Å²) in [7, 11) is -3.30. The van der Waals surface area contributed by atoms with Gasteiger partial charge in [-0.2, -0.15) is 0 Å². The van der Waals surface area contributed by atoms with E-state index in [0.29, 0.717) is 21.7 Å². The maximum absolute atomic E-state index is 11.8. The standard InChI is InChI=1S/C17H16ClN3O2S/c1-11(12-4-3-5-13(18)8-12)21-17-15-9-14(24(2,22)23)6-7-16(15)19-10-20-17/h3-11H,1-2H3,(H,19,20,21)/t11-/m0/s1. The summed E-state index contributed by atoms with van der Waals surface area (Å²) in [6.45, 7) is 1.99. The van der Waals surface area contributed by atoms with E-state index < -0.39 is 9.84 Å². The molecule has 24 heavy (non-hydrogen) atoms. The highest BCUT2D eigenvalue weighted by Crippen LogP contribution is 2.27. The lowest BCUT2D eigenvalue weighted by Crippen LogP contribution is -2.09. The maximum Gasteiger partial charge on any atom is 0.175 e. The number of rotatable bonds is 4. The zero-order valence-corrected chi connectivity index (χ0v) is 14.8. The molecule has 0 aliphatic heterocycles. The first-order valence-corrected chi connectivity index (χ1v) is 9.58. The lowest BCUT2D eigenvalue weighted by molar-refractivity contribution is 0.602. The third kappa shape index (κ3) is 3.49. The van der Waals surface area contributed by atoms with Crippen LogP contribution in [0.3, 0.4) is 0 Å². The molecule has 1 heterocycles. The fourth-order valence-electron chi connectivity index (χ4n) is 2.45. The van der Waals surface area contributed by atoms with Crippen molar-refractivity contribution in [3.05, 3.63) is 59.4 Å². The molecule has 3 aromatic rings. The summed E-state index contributed by atoms with van der Waals surface area (Å²) < 4.78 is 23.6. The predicted octanol–water partition coefficient (Wildman–Crippen LogP) is 3.86. The van der Waals surface area contributed by atoms with Crippen LogP contribution in [0.5, 0.6) is 0 Å². The van der Waals surface area contributed by atoms with Crippen molar-refractivity contribution in [1.29, 1.82) is 0 Å². The quantitative estimate of drug-likeness (QED) is 0.763. The molecule has 1 atom stereocenters. The predicted molar refractivity (Wildman–Crippen MR) is 96.1 cm³/mol. The summed E-state index contributed by atoms with van der Waals surface area (Å²) in [5.41, 5.74) is 1.69. The van der Waals surface area contributed by atoms with Gasteiger partial charge in [-0.25, -0.2) is 18.4 Å². The lowest BCUT2D eigenvalue weighted by Gasteiger charge is -2.16. The van der Waals surface area contributed by atoms with Crippen molar-refractivity contribution in [2.45, 2.75) is 17.9 Å². The number of halogens is 1. The van der Waals surface area contributed by atoms with Crippen LogP contribution in [0.15, 0.2) is 53.7 Å². The summed E-state index contributed by atoms with van der Waals surface area (Å²) in [5, 5.41) is 4.62. The first kappa shape index (κ1) is 16.7. The van der Waals surface area contributed by atoms with E-state index in [0.717, 1.165) is 5.56 Å². The van der Waals surface area contributed by atoms with Gasteiger partial charge in [0.05, 0.1) is 16.5 Å². The fraction of sp³-hybridized carbons (Fsp3) is 0.176. The largest absolute Gasteiger partial charge is 0.363 e. The summed E-state index contributed by atoms with van der Waals surface area (Å²) >= 11 is 6.04. The molecule has 0 radical (unpaired) electrons. The van der Waals surface area contributed by atoms with Gasteiger partial charge in [-0.1, -0.05) is 23.7 Å². The van der Waals surface area contributed by atoms with E-state index in [2.05, 4.69) is 15.3 Å². The number of hydrogen-bond donors (Lipinski definition) is 1. The smallest absolute Gasteiger partial charge is 0.175 e. The van der Waals surface area contributed by atoms with Crippen molar-refractivity contribution in [3.8, 4) is 0 Å². The minimum absolute atomic E-state index is 0.0521. The van der Waals surface area contributed by atoms with Crippen molar-refractivity contribution < 1.29 is 8.42 Å². The molecule has 5 nitrogen and oxygen atoms in total. The molecule has 0 fully saturated rings. The van der Waals surface area contributed by atoms with Gasteiger partial charge in [0, 0.05) is 16.7 Å². The van der Waals surface area contributed by atoms with E-state index in [1.807, 2.05) is 31.2 Å². The van der Waals surface area contributed by atoms with Crippen LogP contribution in [0.25, 0.3) is 10.9 Å². The van der Waals surface area contributed by atoms with Gasteiger partial charge in [-0.05, 0) is 42.8 Å². The molecule has 0 unspecified atom stereocenters. The van der Waals surface area contributed by atoms with Crippen molar-refractivity contribution in [2.75, 3.05) is 11.6 Å². The number of sulfone groups is 1. The van der Waals surface area contributed by atoms with Crippen molar-refractivity contribution in [2.24, 2.45) is 0 Å². The molecule has 0 aliphatic rings. The number of nitrogens with one attached hydrogen (secondary N) is 1. The van der Waals surface area contributed by atoms with Crippen molar-refractivity contribution in [3.63, 3.8) is 0 Å². The van der Waals surface area contributed by atoms with E-state index in [9.17, 15) is 8.42 Å². The number of benzene rings is 2. The second kappa shape index (κ2) is 6.37. The lowest BCUT2D eigenvalue weighted by atomic mass is 10.1. The Morgan fingerprint density at radius 1 is 1.12 bits per heavy atom. The maximum atomic E-state index is 11.8. The number of hydrogen-bond acceptors (Lipinski definition) is 5. The second-order valence-corrected chi connectivity index (χ2v) is 8.05. The molecule has 0 bridgehead atoms. The van der Waals surface area contributed by atoms with Crippen molar-refractivity contribution >= 4 is 38.2 Å². The van der Waals surface area contributed by atoms with Crippen LogP contribution in [0, 0.1) is 0 Å². The zero-order chi connectivity index (χ0) is 17.3. The molecule has 0 amide bonds. The van der Waals surface area contributed by atoms with E-state index >= 15 is 0 Å². The molecule has 0 saturated heterocycles. The van der Waals surface area contributed by atoms with E-state index in [4.69, 9.17) is 11.6 Å². The number of anilines is 1. The molecule has 1 aromatic heterocycles. The normalized spacial score (nSPS) is 13.0. The van der Waals surface area contributed by atoms with Gasteiger partial charge in [0.2, 0.25) is 0 Å². The molecule has 0 spiro atoms. The highest BCUT2D eigenvalue weighted by atomic mass is 35.5. The molecule has 3 rings (SSSR count). The third-order valence-corrected chi connectivity index (χ3v) is 5.08. The van der Waals surface area contributed by atoms with E-state index in [-0.39, 0.29) is 10.9 Å². The summed E-state index contributed by atoms with van der Waals surface area (Å²) in [6, 6.07) is 12.3. The van der Waals surface area contributed by atoms with Gasteiger partial charge in [-0.3, -0.25) is 0 Å². The second-order valence-electron chi connectivity index (χ2n) is 5.59. The van der Waals surface area contributed by atoms with Crippen LogP contribution < -0.4 is 5.32 Å². The summed E-state index contributed by atoms with van der Waals surface area (Å²) in [4.78, 5) is 8.70. The van der Waals surface area contributed by atoms with Gasteiger partial charge >= 0.3 is 0 Å². The number of fused-ring (bicyclic) bond motifs is 1. The van der Waals surface area contributed by atoms with Gasteiger partial charge in [-0.15, -0.1) is 0 Å². The van der Waals surface area contributed by atoms with E-state index in [1.165, 1.54) is 12.6 Å². The molecule has 0 saturated carbocycles. The van der Waals surface area contributed by atoms with Gasteiger partial charge in [0.15, 0.2) is 9.84 Å². The topological polar surface area (TPSA) is 72.0 Å². The SMILES string of the molecule is C[C@H](Nc1ncnc2ccc(S(C)(=O)=O)cc12)c1cccc(Cl)c1. The van der Waals surface area contributed by atoms with Gasteiger partial charge in [0.25, 0.3) is 0 Å². The molecule has 7 heteroatoms. The molecule has 2 aromatic carbocycles. The Kier molecular flexibility index (Phi) is 4.43. The Morgan fingerprint density at radius 2 is 1.92 bits per heavy atom. The first-order valence-electron chi connectivity index (χ1n) is 7.31. The minimum Gasteiger partial charge on any atom is -0.363 e. The average Bonchev–Trinajstić information content (AvgIpc) is 2.54. The third-order valence-electron chi connectivity index (χ3n) is 3.74. The van der Waals surface area contributed by atoms with Gasteiger partial charge in [0.1, 0.15) is 12.1 Å². The molecular weight excluding hydrogens is 346 g/mol. The minimum atomic E-state index is -3.30. The molecule has 0 aliphatic carbocycles. The highest BCUT2D eigenvalue weighted by Gasteiger charge is 2.13. The van der Waals surface area contributed by atoms with E-state index in [1.54, 1.807) is 18.2 Å². The van der Waals surface area contributed by atoms with Crippen LogP contribution in [-0.2, 0) is 9.84 Å². The molecular formula is C17H16ClN3O2S. The molecule has 124 valence electrons. The summed E-state index contributed by atoms with van der Waals surface area (Å²) in [5.74, 6) is 0.581. The Morgan fingerprint density at radius 3 is 2.62 bits per heavy atom. The fourth-order valence-corrected chi connectivity index (χ4v) is 3.29. The van der Waals surface area contributed by atoms with Crippen LogP contribution >= 0.6 is 11.6 Å². The van der Waals surface area contributed by atoms with Crippen LogP contribution in [-0.4, -0.2) is 24.6 Å². The monoisotopic (exact) mass is 361 g/mol. The van der Waals surface area contributed by atoms with Crippen LogP contribution in [0.1, 0.15) is 18.5 Å². The Labute approximate surface area is 145 Å². The Bertz CT molecular complexity index is 1010. The summed E-state index contributed by atoms with van der Waals surface area (Å²) in [6.07, 6.45) is 2.63. The van der Waals surface area contributed by atoms with Gasteiger partial charge < -0.3 is 5.32 Å². The van der Waals surface area contributed by atoms with Crippen LogP contribution in [0.4, 0.5) is 5.82 Å². The highest BCUT2D eigenvalue weighted by molar-refractivity contribution is 7.90. The van der Waals surface area contributed by atoms with Crippen molar-refractivity contribution in [1.82, 2.24) is 9.97 Å². The number of aromatic nitrogens is 2. The Balaban J connectivity index is 2.02. The number of nitrogens with zero attached hydrogens (tertiary/aromatic N) is 2.